The van der Waals surface area contributed by atoms with Crippen LogP contribution in [-0.2, 0) is 46.9 Å². The topological polar surface area (TPSA) is 160 Å². The van der Waals surface area contributed by atoms with Crippen LogP contribution < -0.4 is 0 Å². The molecule has 2 N–H and O–H groups in total. The van der Waals surface area contributed by atoms with Crippen LogP contribution in [-0.4, -0.2) is 138 Å². The van der Waals surface area contributed by atoms with Gasteiger partial charge in [-0.3, -0.25) is 9.59 Å². The van der Waals surface area contributed by atoms with Gasteiger partial charge in [0.25, 0.3) is 5.91 Å². The van der Waals surface area contributed by atoms with Gasteiger partial charge in [-0.1, -0.05) is 87.0 Å². The first-order valence-electron chi connectivity index (χ1n) is 26.8. The van der Waals surface area contributed by atoms with Gasteiger partial charge in [0.2, 0.25) is 5.79 Å². The summed E-state index contributed by atoms with van der Waals surface area (Å²) >= 11 is 0. The van der Waals surface area contributed by atoms with Crippen molar-refractivity contribution < 1.29 is 57.1 Å². The molecule has 1 aliphatic carbocycles. The maximum Gasteiger partial charge on any atom is 0.329 e. The number of nitrogens with zero attached hydrogens (tertiary/aromatic N) is 1. The Morgan fingerprint density at radius 3 is 1.94 bits per heavy atom. The number of amides is 1. The number of Topliss-reactive ketones (excluding diaryl/α,β-unsaturated/α-hetero) is 1. The minimum absolute atomic E-state index is 0.0264. The Morgan fingerprint density at radius 2 is 1.39 bits per heavy atom. The summed E-state index contributed by atoms with van der Waals surface area (Å²) in [7, 11) is 0.326. The number of carbonyl (C=O) groups excluding carboxylic acids is 3. The molecule has 3 aliphatic heterocycles. The van der Waals surface area contributed by atoms with E-state index in [1.54, 1.807) is 28.3 Å². The van der Waals surface area contributed by atoms with Gasteiger partial charge in [-0.15, -0.1) is 0 Å². The lowest BCUT2D eigenvalue weighted by Crippen LogP contribution is -2.66. The summed E-state index contributed by atoms with van der Waals surface area (Å²) in [4.78, 5) is 45.9. The van der Waals surface area contributed by atoms with Crippen molar-refractivity contribution in [1.29, 1.82) is 0 Å². The van der Waals surface area contributed by atoms with Gasteiger partial charge < -0.3 is 47.6 Å². The SMILES string of the molecule is CC[C@@H]1/C=C(\C)C[C@H](C)C[C@H](OC)[C@H]2O[C@](O)([C@H](C)C[C@@H]2OC)[C@H](O)C(=O)N2CCCC[C@H]2C(=O)O[C@H](/C(C)=C/[C@@H]2CC[C@@H](O[Si](C)(C)C(C)(C)C)[C@H](OC)C2)[C@H](C)[C@@H](O[Si](C)(C)C(C)(C)C)CC1=O. The van der Waals surface area contributed by atoms with Gasteiger partial charge in [0.15, 0.2) is 22.7 Å². The van der Waals surface area contributed by atoms with E-state index in [1.165, 1.54) is 4.90 Å². The number of rotatable bonds is 10. The third kappa shape index (κ3) is 14.5. The van der Waals surface area contributed by atoms with E-state index in [1.807, 2.05) is 20.8 Å². The first kappa shape index (κ1) is 60.8. The van der Waals surface area contributed by atoms with Crippen molar-refractivity contribution in [1.82, 2.24) is 4.90 Å². The van der Waals surface area contributed by atoms with E-state index in [9.17, 15) is 19.8 Å². The number of ether oxygens (including phenoxy) is 5. The Morgan fingerprint density at radius 1 is 0.814 bits per heavy atom. The fraction of sp³-hybridized carbons (Fsp3) is 0.873. The first-order valence-corrected chi connectivity index (χ1v) is 32.6. The van der Waals surface area contributed by atoms with Crippen LogP contribution >= 0.6 is 0 Å². The van der Waals surface area contributed by atoms with Crippen molar-refractivity contribution in [3.63, 3.8) is 0 Å². The number of aliphatic hydroxyl groups excluding tert-OH is 1. The highest BCUT2D eigenvalue weighted by Crippen LogP contribution is 2.44. The Kier molecular flexibility index (Phi) is 21.4. The van der Waals surface area contributed by atoms with Gasteiger partial charge in [-0.2, -0.15) is 0 Å². The smallest absolute Gasteiger partial charge is 0.329 e. The van der Waals surface area contributed by atoms with Gasteiger partial charge in [0.1, 0.15) is 24.0 Å². The lowest BCUT2D eigenvalue weighted by Gasteiger charge is -2.49. The molecule has 0 aromatic carbocycles. The van der Waals surface area contributed by atoms with E-state index in [-0.39, 0.29) is 58.8 Å². The highest BCUT2D eigenvalue weighted by Gasteiger charge is 2.57. The number of hydrogen-bond acceptors (Lipinski definition) is 12. The van der Waals surface area contributed by atoms with Gasteiger partial charge in [-0.25, -0.2) is 4.79 Å². The number of hydrogen-bond donors (Lipinski definition) is 2. The molecule has 0 unspecified atom stereocenters. The van der Waals surface area contributed by atoms with Gasteiger partial charge >= 0.3 is 5.97 Å². The van der Waals surface area contributed by atoms with Crippen LogP contribution in [0.3, 0.4) is 0 Å². The molecule has 1 saturated carbocycles. The second-order valence-electron chi connectivity index (χ2n) is 25.0. The van der Waals surface area contributed by atoms with Crippen LogP contribution in [0, 0.1) is 29.6 Å². The fourth-order valence-electron chi connectivity index (χ4n) is 10.9. The molecule has 4 aliphatic rings. The maximum atomic E-state index is 15.0. The molecule has 0 aromatic rings. The van der Waals surface area contributed by atoms with Crippen LogP contribution in [0.5, 0.6) is 0 Å². The van der Waals surface area contributed by atoms with E-state index in [2.05, 4.69) is 93.7 Å². The molecule has 13 nitrogen and oxygen atoms in total. The summed E-state index contributed by atoms with van der Waals surface area (Å²) in [5.74, 6) is -5.00. The summed E-state index contributed by atoms with van der Waals surface area (Å²) in [6.45, 7) is 34.4. The molecular weight excluding hydrogens is 923 g/mol. The zero-order valence-corrected chi connectivity index (χ0v) is 49.1. The van der Waals surface area contributed by atoms with Crippen molar-refractivity contribution in [2.24, 2.45) is 29.6 Å². The van der Waals surface area contributed by atoms with Crippen molar-refractivity contribution in [2.75, 3.05) is 27.9 Å². The monoisotopic (exact) mass is 1020 g/mol. The quantitative estimate of drug-likeness (QED) is 0.121. The predicted octanol–water partition coefficient (Wildman–Crippen LogP) is 10.3. The van der Waals surface area contributed by atoms with Crippen LogP contribution in [0.1, 0.15) is 154 Å². The number of carbonyl (C=O) groups is 3. The number of piperidine rings is 1. The predicted molar refractivity (Wildman–Crippen MR) is 281 cm³/mol. The van der Waals surface area contributed by atoms with E-state index < -0.39 is 88.8 Å². The highest BCUT2D eigenvalue weighted by molar-refractivity contribution is 6.74. The summed E-state index contributed by atoms with van der Waals surface area (Å²) in [5.41, 5.74) is 1.92. The van der Waals surface area contributed by atoms with Crippen molar-refractivity contribution >= 4 is 34.3 Å². The third-order valence-corrected chi connectivity index (χ3v) is 26.5. The van der Waals surface area contributed by atoms with Gasteiger partial charge in [0.05, 0.1) is 30.5 Å². The molecule has 3 fully saturated rings. The van der Waals surface area contributed by atoms with E-state index in [4.69, 9.17) is 32.5 Å². The maximum absolute atomic E-state index is 15.0. The fourth-order valence-corrected chi connectivity index (χ4v) is 13.7. The molecule has 0 aromatic heterocycles. The number of fused-ring (bicyclic) bond motifs is 3. The van der Waals surface area contributed by atoms with E-state index >= 15 is 4.79 Å². The molecule has 4 rings (SSSR count). The summed E-state index contributed by atoms with van der Waals surface area (Å²) in [5, 5.41) is 24.3. The summed E-state index contributed by atoms with van der Waals surface area (Å²) < 4.78 is 45.6. The molecular formula is C55H99NO12Si2. The Balaban J connectivity index is 1.87. The van der Waals surface area contributed by atoms with Crippen LogP contribution in [0.25, 0.3) is 0 Å². The standard InChI is InChI=1S/C55H99NO12Si2/c1-20-40-28-34(2)27-35(3)29-46(63-14)49-47(64-15)31-37(5)55(61,66-49)50(58)51(59)56-26-22-21-23-41(56)52(60)65-48(38(6)44(33-42(40)57)68-70(18,19)54(10,11)12)36(4)30-39-24-25-43(45(32-39)62-13)67-69(16,17)53(7,8)9/h28,30,35,37-41,43-50,58,61H,20-27,29,31-33H2,1-19H3/b34-28+,36-30+/t35-,37+,38+,39-,40+,41-,43+,44-,45+,46-,47-,48+,49+,50+,55+/m0/s1. The van der Waals surface area contributed by atoms with Crippen molar-refractivity contribution in [3.05, 3.63) is 23.3 Å². The first-order chi connectivity index (χ1) is 32.4. The second kappa shape index (κ2) is 24.7. The normalized spacial score (nSPS) is 37.7. The average Bonchev–Trinajstić information content (AvgIpc) is 3.27. The Bertz CT molecular complexity index is 1810. The molecule has 0 radical (unpaired) electrons. The minimum Gasteiger partial charge on any atom is -0.456 e. The lowest BCUT2D eigenvalue weighted by molar-refractivity contribution is -0.346. The van der Waals surface area contributed by atoms with Crippen LogP contribution in [0.15, 0.2) is 23.3 Å². The molecule has 0 spiro atoms. The number of cyclic esters (lactones) is 1. The molecule has 15 atom stereocenters. The lowest BCUT2D eigenvalue weighted by atomic mass is 9.81. The number of esters is 1. The molecule has 15 heteroatoms. The molecule has 404 valence electrons. The second-order valence-corrected chi connectivity index (χ2v) is 34.5. The number of methoxy groups -OCH3 is 3. The molecule has 2 saturated heterocycles. The summed E-state index contributed by atoms with van der Waals surface area (Å²) in [6, 6.07) is -1.04. The zero-order valence-electron chi connectivity index (χ0n) is 47.1. The van der Waals surface area contributed by atoms with Crippen molar-refractivity contribution in [3.8, 4) is 0 Å². The Hall–Kier alpha value is -1.80. The Labute approximate surface area is 426 Å². The average molecular weight is 1020 g/mol. The summed E-state index contributed by atoms with van der Waals surface area (Å²) in [6.07, 6.45) is 5.13. The van der Waals surface area contributed by atoms with E-state index in [0.29, 0.717) is 44.9 Å². The number of allylic oxidation sites excluding steroid dienone is 3. The van der Waals surface area contributed by atoms with Crippen LogP contribution in [0.4, 0.5) is 0 Å². The van der Waals surface area contributed by atoms with Crippen molar-refractivity contribution in [2.45, 2.75) is 251 Å². The largest absolute Gasteiger partial charge is 0.456 e. The molecule has 70 heavy (non-hydrogen) atoms. The van der Waals surface area contributed by atoms with Crippen LogP contribution in [0.2, 0.25) is 36.3 Å². The van der Waals surface area contributed by atoms with Gasteiger partial charge in [-0.05, 0) is 132 Å². The van der Waals surface area contributed by atoms with Gasteiger partial charge in [0, 0.05) is 52.0 Å². The highest BCUT2D eigenvalue weighted by atomic mass is 28.4. The third-order valence-electron chi connectivity index (χ3n) is 17.5. The molecule has 1 amide bonds. The zero-order chi connectivity index (χ0) is 52.9. The molecule has 3 heterocycles. The minimum atomic E-state index is -2.53. The number of aliphatic hydroxyl groups is 2. The molecule has 2 bridgehead atoms. The van der Waals surface area contributed by atoms with E-state index in [0.717, 1.165) is 30.4 Å². The number of ketones is 1.